The Kier molecular flexibility index (Phi) is 3.59. The summed E-state index contributed by atoms with van der Waals surface area (Å²) >= 11 is 0. The first-order valence-corrected chi connectivity index (χ1v) is 4.37. The monoisotopic (exact) mass is 192 g/mol. The lowest BCUT2D eigenvalue weighted by Gasteiger charge is -2.19. The molecule has 0 spiro atoms. The molecule has 0 aromatic rings. The van der Waals surface area contributed by atoms with Crippen molar-refractivity contribution in [2.75, 3.05) is 20.1 Å². The van der Waals surface area contributed by atoms with Gasteiger partial charge in [0.2, 0.25) is 0 Å². The standard InChI is InChI=1S/C8H14F2N2O/c1-12-4-2-3-6(12)5-11-8(13)7(9)10/h6-7H,2-5H2,1H3,(H,11,13). The number of amides is 1. The SMILES string of the molecule is CN1CCCC1CNC(=O)C(F)F. The molecule has 1 rings (SSSR count). The molecule has 0 aliphatic carbocycles. The Morgan fingerprint density at radius 3 is 2.85 bits per heavy atom. The van der Waals surface area contributed by atoms with E-state index in [1.807, 2.05) is 7.05 Å². The van der Waals surface area contributed by atoms with E-state index in [4.69, 9.17) is 0 Å². The van der Waals surface area contributed by atoms with Crippen LogP contribution in [0.3, 0.4) is 0 Å². The number of rotatable bonds is 3. The molecule has 1 amide bonds. The summed E-state index contributed by atoms with van der Waals surface area (Å²) in [5.41, 5.74) is 0. The van der Waals surface area contributed by atoms with E-state index in [9.17, 15) is 13.6 Å². The van der Waals surface area contributed by atoms with Gasteiger partial charge in [-0.05, 0) is 26.4 Å². The average Bonchev–Trinajstić information content (AvgIpc) is 2.47. The molecule has 1 aliphatic rings. The van der Waals surface area contributed by atoms with Crippen LogP contribution in [0.2, 0.25) is 0 Å². The second-order valence-corrected chi connectivity index (χ2v) is 3.32. The number of nitrogens with one attached hydrogen (secondary N) is 1. The molecule has 1 N–H and O–H groups in total. The number of halogens is 2. The molecule has 1 fully saturated rings. The molecule has 3 nitrogen and oxygen atoms in total. The summed E-state index contributed by atoms with van der Waals surface area (Å²) in [4.78, 5) is 12.6. The maximum absolute atomic E-state index is 11.8. The Hall–Kier alpha value is -0.710. The van der Waals surface area contributed by atoms with E-state index in [-0.39, 0.29) is 6.04 Å². The summed E-state index contributed by atoms with van der Waals surface area (Å²) in [6.45, 7) is 1.31. The van der Waals surface area contributed by atoms with Gasteiger partial charge in [0, 0.05) is 12.6 Å². The van der Waals surface area contributed by atoms with Crippen molar-refractivity contribution >= 4 is 5.91 Å². The van der Waals surface area contributed by atoms with Gasteiger partial charge in [-0.3, -0.25) is 4.79 Å². The van der Waals surface area contributed by atoms with Gasteiger partial charge in [0.25, 0.3) is 5.91 Å². The number of carbonyl (C=O) groups is 1. The number of likely N-dealkylation sites (N-methyl/N-ethyl adjacent to an activating group) is 1. The van der Waals surface area contributed by atoms with Gasteiger partial charge in [0.05, 0.1) is 0 Å². The third kappa shape index (κ3) is 2.91. The Balaban J connectivity index is 2.22. The fraction of sp³-hybridized carbons (Fsp3) is 0.875. The highest BCUT2D eigenvalue weighted by Gasteiger charge is 2.22. The quantitative estimate of drug-likeness (QED) is 0.704. The topological polar surface area (TPSA) is 32.3 Å². The molecule has 0 aromatic carbocycles. The molecule has 1 heterocycles. The van der Waals surface area contributed by atoms with Gasteiger partial charge in [-0.1, -0.05) is 0 Å². The van der Waals surface area contributed by atoms with Crippen LogP contribution in [0.4, 0.5) is 8.78 Å². The smallest absolute Gasteiger partial charge is 0.315 e. The van der Waals surface area contributed by atoms with Crippen LogP contribution in [0.15, 0.2) is 0 Å². The van der Waals surface area contributed by atoms with Crippen molar-refractivity contribution in [1.82, 2.24) is 10.2 Å². The van der Waals surface area contributed by atoms with Gasteiger partial charge in [-0.15, -0.1) is 0 Å². The van der Waals surface area contributed by atoms with Crippen molar-refractivity contribution in [3.8, 4) is 0 Å². The summed E-state index contributed by atoms with van der Waals surface area (Å²) in [6.07, 6.45) is -0.849. The molecule has 1 saturated heterocycles. The number of alkyl halides is 2. The third-order valence-electron chi connectivity index (χ3n) is 2.38. The van der Waals surface area contributed by atoms with Crippen molar-refractivity contribution in [3.63, 3.8) is 0 Å². The lowest BCUT2D eigenvalue weighted by molar-refractivity contribution is -0.131. The largest absolute Gasteiger partial charge is 0.350 e. The first-order valence-electron chi connectivity index (χ1n) is 4.37. The summed E-state index contributed by atoms with van der Waals surface area (Å²) in [7, 11) is 1.94. The van der Waals surface area contributed by atoms with Crippen LogP contribution in [0, 0.1) is 0 Å². The molecular formula is C8H14F2N2O. The molecule has 1 atom stereocenters. The number of nitrogens with zero attached hydrogens (tertiary/aromatic N) is 1. The van der Waals surface area contributed by atoms with E-state index in [0.717, 1.165) is 19.4 Å². The number of hydrogen-bond donors (Lipinski definition) is 1. The highest BCUT2D eigenvalue weighted by Crippen LogP contribution is 2.13. The van der Waals surface area contributed by atoms with Crippen molar-refractivity contribution in [2.24, 2.45) is 0 Å². The minimum atomic E-state index is -2.90. The second-order valence-electron chi connectivity index (χ2n) is 3.32. The van der Waals surface area contributed by atoms with E-state index >= 15 is 0 Å². The predicted octanol–water partition coefficient (Wildman–Crippen LogP) is 0.462. The molecule has 5 heteroatoms. The van der Waals surface area contributed by atoms with Crippen LogP contribution < -0.4 is 5.32 Å². The maximum atomic E-state index is 11.8. The molecule has 76 valence electrons. The van der Waals surface area contributed by atoms with Gasteiger partial charge < -0.3 is 10.2 Å². The van der Waals surface area contributed by atoms with E-state index in [2.05, 4.69) is 10.2 Å². The molecule has 1 aliphatic heterocycles. The molecule has 13 heavy (non-hydrogen) atoms. The van der Waals surface area contributed by atoms with E-state index in [1.54, 1.807) is 0 Å². The van der Waals surface area contributed by atoms with Crippen molar-refractivity contribution in [1.29, 1.82) is 0 Å². The van der Waals surface area contributed by atoms with Crippen molar-refractivity contribution in [2.45, 2.75) is 25.3 Å². The molecular weight excluding hydrogens is 178 g/mol. The van der Waals surface area contributed by atoms with Gasteiger partial charge in [0.1, 0.15) is 0 Å². The number of hydrogen-bond acceptors (Lipinski definition) is 2. The fourth-order valence-electron chi connectivity index (χ4n) is 1.53. The average molecular weight is 192 g/mol. The first-order chi connectivity index (χ1) is 6.11. The van der Waals surface area contributed by atoms with Gasteiger partial charge in [0.15, 0.2) is 0 Å². The number of likely N-dealkylation sites (tertiary alicyclic amines) is 1. The van der Waals surface area contributed by atoms with Gasteiger partial charge in [-0.2, -0.15) is 8.78 Å². The maximum Gasteiger partial charge on any atom is 0.315 e. The van der Waals surface area contributed by atoms with E-state index in [1.165, 1.54) is 0 Å². The van der Waals surface area contributed by atoms with Crippen LogP contribution in [0.25, 0.3) is 0 Å². The lowest BCUT2D eigenvalue weighted by atomic mass is 10.2. The van der Waals surface area contributed by atoms with Crippen LogP contribution in [-0.4, -0.2) is 43.4 Å². The Morgan fingerprint density at radius 2 is 2.38 bits per heavy atom. The Morgan fingerprint density at radius 1 is 1.69 bits per heavy atom. The summed E-state index contributed by atoms with van der Waals surface area (Å²) in [6, 6.07) is 0.225. The van der Waals surface area contributed by atoms with E-state index in [0.29, 0.717) is 6.54 Å². The summed E-state index contributed by atoms with van der Waals surface area (Å²) < 4.78 is 23.5. The molecule has 0 radical (unpaired) electrons. The van der Waals surface area contributed by atoms with E-state index < -0.39 is 12.3 Å². The van der Waals surface area contributed by atoms with Crippen molar-refractivity contribution < 1.29 is 13.6 Å². The van der Waals surface area contributed by atoms with Crippen LogP contribution in [0.5, 0.6) is 0 Å². The highest BCUT2D eigenvalue weighted by molar-refractivity contribution is 5.79. The molecule has 0 aromatic heterocycles. The third-order valence-corrected chi connectivity index (χ3v) is 2.38. The summed E-state index contributed by atoms with van der Waals surface area (Å²) in [5, 5.41) is 2.22. The molecule has 0 saturated carbocycles. The fourth-order valence-corrected chi connectivity index (χ4v) is 1.53. The second kappa shape index (κ2) is 4.50. The van der Waals surface area contributed by atoms with Gasteiger partial charge >= 0.3 is 6.43 Å². The molecule has 1 unspecified atom stereocenters. The van der Waals surface area contributed by atoms with Crippen LogP contribution >= 0.6 is 0 Å². The number of carbonyl (C=O) groups excluding carboxylic acids is 1. The van der Waals surface area contributed by atoms with Crippen LogP contribution in [-0.2, 0) is 4.79 Å². The first kappa shape index (κ1) is 10.4. The Bertz CT molecular complexity index is 187. The zero-order valence-corrected chi connectivity index (χ0v) is 7.59. The highest BCUT2D eigenvalue weighted by atomic mass is 19.3. The Labute approximate surface area is 76.1 Å². The lowest BCUT2D eigenvalue weighted by Crippen LogP contribution is -2.40. The predicted molar refractivity (Wildman–Crippen MR) is 44.7 cm³/mol. The van der Waals surface area contributed by atoms with Crippen molar-refractivity contribution in [3.05, 3.63) is 0 Å². The zero-order valence-electron chi connectivity index (χ0n) is 7.59. The van der Waals surface area contributed by atoms with Crippen LogP contribution in [0.1, 0.15) is 12.8 Å². The zero-order chi connectivity index (χ0) is 9.84. The minimum absolute atomic E-state index is 0.225. The van der Waals surface area contributed by atoms with Gasteiger partial charge in [-0.25, -0.2) is 0 Å². The minimum Gasteiger partial charge on any atom is -0.350 e. The summed E-state index contributed by atoms with van der Waals surface area (Å²) in [5.74, 6) is -1.17. The molecule has 0 bridgehead atoms. The normalized spacial score (nSPS) is 23.8.